The molecule has 0 amide bonds. The van der Waals surface area contributed by atoms with Crippen LogP contribution in [0, 0.1) is 0 Å². The van der Waals surface area contributed by atoms with Crippen LogP contribution in [0.1, 0.15) is 98.2 Å². The molecule has 0 aliphatic rings. The summed E-state index contributed by atoms with van der Waals surface area (Å²) in [6.45, 7) is 2.64. The molecule has 0 atom stereocenters. The third-order valence-corrected chi connectivity index (χ3v) is 3.67. The summed E-state index contributed by atoms with van der Waals surface area (Å²) in [5, 5.41) is 8.66. The van der Waals surface area contributed by atoms with E-state index in [0.717, 1.165) is 6.42 Å². The second kappa shape index (κ2) is 25.4. The van der Waals surface area contributed by atoms with Gasteiger partial charge in [0.2, 0.25) is 0 Å². The van der Waals surface area contributed by atoms with Gasteiger partial charge in [-0.25, -0.2) is 4.57 Å². The molecular formula is C18H40KO5P. The number of allylic oxidation sites excluding steroid dienone is 2. The molecule has 148 valence electrons. The van der Waals surface area contributed by atoms with Gasteiger partial charge in [0.15, 0.2) is 0 Å². The van der Waals surface area contributed by atoms with Crippen LogP contribution in [-0.4, -0.2) is 26.4 Å². The van der Waals surface area contributed by atoms with Crippen LogP contribution in [0.3, 0.4) is 0 Å². The standard InChI is InChI=1S/C18H36O.K.H3O4P.H/c1-2-3-4-5-6-7-8-9-10-11-12-13-14-15-16-17-18-19;;1-5(2,3)4;/h9-10,19H,2-8,11-18H2,1H3;;(H3,1,2,3,4);/q;+1;;-1/b10-9-;;;. The summed E-state index contributed by atoms with van der Waals surface area (Å²) < 4.78 is 8.88. The van der Waals surface area contributed by atoms with E-state index in [4.69, 9.17) is 24.4 Å². The number of aliphatic hydroxyl groups excluding tert-OH is 1. The molecule has 0 fully saturated rings. The molecule has 5 nitrogen and oxygen atoms in total. The maximum absolute atomic E-state index is 8.88. The Morgan fingerprint density at radius 2 is 1.04 bits per heavy atom. The first-order chi connectivity index (χ1) is 11.4. The molecule has 0 heterocycles. The van der Waals surface area contributed by atoms with E-state index in [9.17, 15) is 0 Å². The monoisotopic (exact) mass is 406 g/mol. The van der Waals surface area contributed by atoms with Gasteiger partial charge in [0.05, 0.1) is 0 Å². The van der Waals surface area contributed by atoms with Crippen molar-refractivity contribution < 1.29 is 77.2 Å². The fourth-order valence-corrected chi connectivity index (χ4v) is 2.36. The van der Waals surface area contributed by atoms with Gasteiger partial charge in [0.25, 0.3) is 0 Å². The predicted molar refractivity (Wildman–Crippen MR) is 102 cm³/mol. The summed E-state index contributed by atoms with van der Waals surface area (Å²) in [6, 6.07) is 0. The summed E-state index contributed by atoms with van der Waals surface area (Å²) in [6.07, 6.45) is 23.2. The minimum Gasteiger partial charge on any atom is -1.00 e. The van der Waals surface area contributed by atoms with Crippen molar-refractivity contribution in [2.45, 2.75) is 96.8 Å². The quantitative estimate of drug-likeness (QED) is 0.145. The first-order valence-corrected chi connectivity index (χ1v) is 11.0. The molecule has 0 aliphatic heterocycles. The second-order valence-corrected chi connectivity index (χ2v) is 7.20. The van der Waals surface area contributed by atoms with E-state index >= 15 is 0 Å². The Morgan fingerprint density at radius 3 is 1.40 bits per heavy atom. The Morgan fingerprint density at radius 1 is 0.720 bits per heavy atom. The van der Waals surface area contributed by atoms with Crippen molar-refractivity contribution in [1.29, 1.82) is 0 Å². The molecule has 0 unspecified atom stereocenters. The van der Waals surface area contributed by atoms with Gasteiger partial charge in [-0.15, -0.1) is 0 Å². The minimum absolute atomic E-state index is 0. The molecule has 0 aromatic heterocycles. The van der Waals surface area contributed by atoms with Gasteiger partial charge >= 0.3 is 59.2 Å². The van der Waals surface area contributed by atoms with Gasteiger partial charge in [-0.1, -0.05) is 76.9 Å². The Kier molecular flexibility index (Phi) is 31.7. The van der Waals surface area contributed by atoms with Crippen molar-refractivity contribution in [2.24, 2.45) is 0 Å². The van der Waals surface area contributed by atoms with Gasteiger partial charge in [-0.3, -0.25) is 0 Å². The summed E-state index contributed by atoms with van der Waals surface area (Å²) in [5.74, 6) is 0. The Balaban J connectivity index is -0.000000304. The van der Waals surface area contributed by atoms with Gasteiger partial charge in [-0.2, -0.15) is 0 Å². The number of hydrogen-bond donors (Lipinski definition) is 4. The van der Waals surface area contributed by atoms with E-state index in [1.807, 2.05) is 0 Å². The zero-order chi connectivity index (χ0) is 18.5. The minimum atomic E-state index is -4.64. The summed E-state index contributed by atoms with van der Waals surface area (Å²) in [7, 11) is -4.64. The van der Waals surface area contributed by atoms with Crippen LogP contribution < -0.4 is 51.4 Å². The van der Waals surface area contributed by atoms with Crippen LogP contribution >= 0.6 is 7.82 Å². The zero-order valence-corrected chi connectivity index (χ0v) is 20.4. The van der Waals surface area contributed by atoms with Crippen LogP contribution in [0.2, 0.25) is 0 Å². The van der Waals surface area contributed by atoms with Crippen molar-refractivity contribution in [1.82, 2.24) is 0 Å². The molecule has 0 bridgehead atoms. The van der Waals surface area contributed by atoms with Gasteiger partial charge in [-0.05, 0) is 32.1 Å². The number of unbranched alkanes of at least 4 members (excludes halogenated alkanes) is 12. The van der Waals surface area contributed by atoms with Gasteiger partial charge in [0, 0.05) is 6.61 Å². The normalized spacial score (nSPS) is 11.1. The van der Waals surface area contributed by atoms with E-state index < -0.39 is 7.82 Å². The molecule has 0 rings (SSSR count). The topological polar surface area (TPSA) is 98.0 Å². The molecule has 0 saturated heterocycles. The van der Waals surface area contributed by atoms with Crippen molar-refractivity contribution in [2.75, 3.05) is 6.61 Å². The number of aliphatic hydroxyl groups is 1. The summed E-state index contributed by atoms with van der Waals surface area (Å²) in [4.78, 5) is 21.6. The van der Waals surface area contributed by atoms with E-state index in [1.54, 1.807) is 0 Å². The number of hydrogen-bond acceptors (Lipinski definition) is 2. The van der Waals surface area contributed by atoms with Crippen molar-refractivity contribution in [3.05, 3.63) is 12.2 Å². The molecule has 0 spiro atoms. The zero-order valence-electron chi connectivity index (χ0n) is 17.4. The van der Waals surface area contributed by atoms with Gasteiger partial charge in [0.1, 0.15) is 0 Å². The van der Waals surface area contributed by atoms with E-state index in [-0.39, 0.29) is 52.8 Å². The van der Waals surface area contributed by atoms with E-state index in [1.165, 1.54) is 83.5 Å². The van der Waals surface area contributed by atoms with E-state index in [2.05, 4.69) is 19.1 Å². The SMILES string of the molecule is CCCCCCCC/C=C\CCCCCCCCO.O=P(O)(O)O.[H-].[K+]. The van der Waals surface area contributed by atoms with Crippen LogP contribution in [-0.2, 0) is 4.57 Å². The number of rotatable bonds is 15. The molecule has 4 N–H and O–H groups in total. The predicted octanol–water partition coefficient (Wildman–Crippen LogP) is 2.20. The van der Waals surface area contributed by atoms with Crippen molar-refractivity contribution >= 4 is 7.82 Å². The second-order valence-electron chi connectivity index (χ2n) is 6.17. The van der Waals surface area contributed by atoms with Crippen molar-refractivity contribution in [3.8, 4) is 0 Å². The maximum Gasteiger partial charge on any atom is 1.00 e. The maximum atomic E-state index is 8.88. The Labute approximate surface area is 198 Å². The summed E-state index contributed by atoms with van der Waals surface area (Å²) >= 11 is 0. The molecule has 0 saturated carbocycles. The Hall–Kier alpha value is 1.45. The van der Waals surface area contributed by atoms with Crippen LogP contribution in [0.15, 0.2) is 12.2 Å². The average molecular weight is 407 g/mol. The first kappa shape index (κ1) is 31.2. The van der Waals surface area contributed by atoms with E-state index in [0.29, 0.717) is 6.61 Å². The summed E-state index contributed by atoms with van der Waals surface area (Å²) in [5.41, 5.74) is 0. The molecule has 0 aromatic carbocycles. The molecule has 25 heavy (non-hydrogen) atoms. The van der Waals surface area contributed by atoms with Crippen LogP contribution in [0.25, 0.3) is 0 Å². The smallest absolute Gasteiger partial charge is 1.00 e. The molecule has 0 radical (unpaired) electrons. The Bertz CT molecular complexity index is 306. The van der Waals surface area contributed by atoms with Crippen LogP contribution in [0.4, 0.5) is 0 Å². The van der Waals surface area contributed by atoms with Gasteiger partial charge < -0.3 is 21.2 Å². The largest absolute Gasteiger partial charge is 1.00 e. The molecular weight excluding hydrogens is 366 g/mol. The third kappa shape index (κ3) is 46.0. The number of phosphoric acid groups is 1. The van der Waals surface area contributed by atoms with Crippen molar-refractivity contribution in [3.63, 3.8) is 0 Å². The molecule has 0 aromatic rings. The average Bonchev–Trinajstić information content (AvgIpc) is 2.49. The fraction of sp³-hybridized carbons (Fsp3) is 0.889. The molecule has 7 heteroatoms. The first-order valence-electron chi connectivity index (χ1n) is 9.46. The third-order valence-electron chi connectivity index (χ3n) is 3.67. The molecule has 0 aliphatic carbocycles. The fourth-order valence-electron chi connectivity index (χ4n) is 2.36. The van der Waals surface area contributed by atoms with Crippen LogP contribution in [0.5, 0.6) is 0 Å².